The summed E-state index contributed by atoms with van der Waals surface area (Å²) in [7, 11) is 2.05. The maximum Gasteiger partial charge on any atom is 0.172 e. The third-order valence-electron chi connectivity index (χ3n) is 2.97. The number of rotatable bonds is 1. The fourth-order valence-electron chi connectivity index (χ4n) is 2.16. The Labute approximate surface area is 97.4 Å². The van der Waals surface area contributed by atoms with E-state index in [1.54, 1.807) is 0 Å². The molecule has 1 heterocycles. The number of pyridine rings is 1. The summed E-state index contributed by atoms with van der Waals surface area (Å²) in [5, 5.41) is 0. The lowest BCUT2D eigenvalue weighted by Gasteiger charge is -2.08. The summed E-state index contributed by atoms with van der Waals surface area (Å²) in [5.74, 6) is 0. The van der Waals surface area contributed by atoms with Crippen LogP contribution in [0.1, 0.15) is 16.7 Å². The van der Waals surface area contributed by atoms with E-state index in [4.69, 9.17) is 0 Å². The van der Waals surface area contributed by atoms with Crippen molar-refractivity contribution in [3.63, 3.8) is 0 Å². The largest absolute Gasteiger partial charge is 0.207 e. The molecule has 0 bridgehead atoms. The highest BCUT2D eigenvalue weighted by molar-refractivity contribution is 5.69. The Hall–Kier alpha value is -1.63. The smallest absolute Gasteiger partial charge is 0.172 e. The third kappa shape index (κ3) is 1.99. The summed E-state index contributed by atoms with van der Waals surface area (Å²) in [6.07, 6.45) is 4.26. The minimum absolute atomic E-state index is 1.32. The van der Waals surface area contributed by atoms with Crippen LogP contribution in [0.25, 0.3) is 11.1 Å². The van der Waals surface area contributed by atoms with Gasteiger partial charge in [0, 0.05) is 11.6 Å². The van der Waals surface area contributed by atoms with E-state index in [-0.39, 0.29) is 0 Å². The predicted molar refractivity (Wildman–Crippen MR) is 67.3 cm³/mol. The normalized spacial score (nSPS) is 10.5. The van der Waals surface area contributed by atoms with Gasteiger partial charge in [-0.2, -0.15) is 0 Å². The highest BCUT2D eigenvalue weighted by Gasteiger charge is 2.07. The van der Waals surface area contributed by atoms with Crippen LogP contribution in [-0.4, -0.2) is 0 Å². The molecule has 0 unspecified atom stereocenters. The van der Waals surface area contributed by atoms with E-state index < -0.39 is 0 Å². The molecule has 0 spiro atoms. The van der Waals surface area contributed by atoms with Crippen molar-refractivity contribution in [3.05, 3.63) is 53.3 Å². The van der Waals surface area contributed by atoms with Crippen molar-refractivity contribution in [3.8, 4) is 11.1 Å². The molecule has 1 aromatic heterocycles. The van der Waals surface area contributed by atoms with Gasteiger partial charge < -0.3 is 0 Å². The second-order valence-corrected chi connectivity index (χ2v) is 4.53. The Balaban J connectivity index is 2.59. The van der Waals surface area contributed by atoms with E-state index in [2.05, 4.69) is 69.0 Å². The molecule has 0 aliphatic rings. The SMILES string of the molecule is Cc1ccc(-c2cc[n+](C)cc2C)c(C)c1. The lowest BCUT2D eigenvalue weighted by atomic mass is 9.97. The Morgan fingerprint density at radius 2 is 1.56 bits per heavy atom. The lowest BCUT2D eigenvalue weighted by molar-refractivity contribution is -0.671. The zero-order valence-corrected chi connectivity index (χ0v) is 10.4. The van der Waals surface area contributed by atoms with Crippen LogP contribution in [0.3, 0.4) is 0 Å². The number of benzene rings is 1. The number of hydrogen-bond acceptors (Lipinski definition) is 0. The van der Waals surface area contributed by atoms with E-state index in [1.165, 1.54) is 27.8 Å². The average molecular weight is 212 g/mol. The molecule has 16 heavy (non-hydrogen) atoms. The topological polar surface area (TPSA) is 3.88 Å². The van der Waals surface area contributed by atoms with Crippen molar-refractivity contribution in [2.45, 2.75) is 20.8 Å². The van der Waals surface area contributed by atoms with Gasteiger partial charge in [-0.1, -0.05) is 23.8 Å². The minimum Gasteiger partial charge on any atom is -0.207 e. The molecule has 0 radical (unpaired) electrons. The van der Waals surface area contributed by atoms with Gasteiger partial charge in [-0.15, -0.1) is 0 Å². The van der Waals surface area contributed by atoms with E-state index in [9.17, 15) is 0 Å². The molecule has 0 N–H and O–H groups in total. The standard InChI is InChI=1S/C15H18N/c1-11-5-6-14(12(2)9-11)15-7-8-16(4)10-13(15)3/h5-10H,1-4H3/q+1. The van der Waals surface area contributed by atoms with E-state index in [0.717, 1.165) is 0 Å². The highest BCUT2D eigenvalue weighted by atomic mass is 14.9. The molecule has 0 aliphatic heterocycles. The zero-order valence-electron chi connectivity index (χ0n) is 10.4. The van der Waals surface area contributed by atoms with Gasteiger partial charge in [-0.25, -0.2) is 4.57 Å². The minimum atomic E-state index is 1.32. The molecular formula is C15H18N+. The Morgan fingerprint density at radius 1 is 0.875 bits per heavy atom. The monoisotopic (exact) mass is 212 g/mol. The molecule has 0 fully saturated rings. The van der Waals surface area contributed by atoms with Crippen LogP contribution in [0.5, 0.6) is 0 Å². The molecule has 82 valence electrons. The number of nitrogens with zero attached hydrogens (tertiary/aromatic N) is 1. The molecular weight excluding hydrogens is 194 g/mol. The van der Waals surface area contributed by atoms with Gasteiger partial charge in [-0.05, 0) is 37.5 Å². The van der Waals surface area contributed by atoms with Crippen LogP contribution in [0, 0.1) is 20.8 Å². The van der Waals surface area contributed by atoms with E-state index in [1.807, 2.05) is 0 Å². The molecule has 1 heteroatoms. The van der Waals surface area contributed by atoms with Crippen LogP contribution in [0.4, 0.5) is 0 Å². The lowest BCUT2D eigenvalue weighted by Crippen LogP contribution is -2.26. The maximum absolute atomic E-state index is 2.24. The van der Waals surface area contributed by atoms with Crippen molar-refractivity contribution in [2.24, 2.45) is 7.05 Å². The predicted octanol–water partition coefficient (Wildman–Crippen LogP) is 3.10. The number of hydrogen-bond donors (Lipinski definition) is 0. The molecule has 0 amide bonds. The van der Waals surface area contributed by atoms with E-state index >= 15 is 0 Å². The second kappa shape index (κ2) is 4.09. The summed E-state index contributed by atoms with van der Waals surface area (Å²) in [4.78, 5) is 0. The van der Waals surface area contributed by atoms with Crippen molar-refractivity contribution in [1.82, 2.24) is 0 Å². The van der Waals surface area contributed by atoms with Crippen molar-refractivity contribution in [1.29, 1.82) is 0 Å². The molecule has 2 aromatic rings. The number of aromatic nitrogens is 1. The Kier molecular flexibility index (Phi) is 2.78. The first kappa shape index (κ1) is 10.9. The highest BCUT2D eigenvalue weighted by Crippen LogP contribution is 2.25. The molecule has 1 aromatic carbocycles. The van der Waals surface area contributed by atoms with Gasteiger partial charge in [0.05, 0.1) is 0 Å². The van der Waals surface area contributed by atoms with Gasteiger partial charge in [-0.3, -0.25) is 0 Å². The first-order valence-corrected chi connectivity index (χ1v) is 5.61. The quantitative estimate of drug-likeness (QED) is 0.639. The van der Waals surface area contributed by atoms with Gasteiger partial charge >= 0.3 is 0 Å². The maximum atomic E-state index is 2.24. The third-order valence-corrected chi connectivity index (χ3v) is 2.97. The van der Waals surface area contributed by atoms with Crippen molar-refractivity contribution < 1.29 is 4.57 Å². The van der Waals surface area contributed by atoms with Crippen LogP contribution < -0.4 is 4.57 Å². The first-order valence-electron chi connectivity index (χ1n) is 5.61. The van der Waals surface area contributed by atoms with Gasteiger partial charge in [0.1, 0.15) is 7.05 Å². The van der Waals surface area contributed by atoms with Crippen molar-refractivity contribution >= 4 is 0 Å². The van der Waals surface area contributed by atoms with Crippen LogP contribution in [0.15, 0.2) is 36.7 Å². The van der Waals surface area contributed by atoms with Gasteiger partial charge in [0.25, 0.3) is 0 Å². The summed E-state index contributed by atoms with van der Waals surface area (Å²) >= 11 is 0. The second-order valence-electron chi connectivity index (χ2n) is 4.53. The molecule has 0 saturated heterocycles. The molecule has 1 nitrogen and oxygen atoms in total. The number of aryl methyl sites for hydroxylation is 4. The Bertz CT molecular complexity index is 477. The van der Waals surface area contributed by atoms with Gasteiger partial charge in [0.2, 0.25) is 0 Å². The summed E-state index contributed by atoms with van der Waals surface area (Å²) < 4.78 is 2.09. The van der Waals surface area contributed by atoms with Crippen LogP contribution in [-0.2, 0) is 7.05 Å². The fourth-order valence-corrected chi connectivity index (χ4v) is 2.16. The average Bonchev–Trinajstić information content (AvgIpc) is 2.19. The molecule has 0 aliphatic carbocycles. The molecule has 0 saturated carbocycles. The first-order chi connectivity index (χ1) is 7.58. The summed E-state index contributed by atoms with van der Waals surface area (Å²) in [6.45, 7) is 6.47. The zero-order chi connectivity index (χ0) is 11.7. The summed E-state index contributed by atoms with van der Waals surface area (Å²) in [5.41, 5.74) is 6.65. The molecule has 2 rings (SSSR count). The van der Waals surface area contributed by atoms with Crippen LogP contribution >= 0.6 is 0 Å². The van der Waals surface area contributed by atoms with Crippen LogP contribution in [0.2, 0.25) is 0 Å². The summed E-state index contributed by atoms with van der Waals surface area (Å²) in [6, 6.07) is 8.82. The molecule has 0 atom stereocenters. The van der Waals surface area contributed by atoms with Crippen molar-refractivity contribution in [2.75, 3.05) is 0 Å². The van der Waals surface area contributed by atoms with Gasteiger partial charge in [0.15, 0.2) is 12.4 Å². The fraction of sp³-hybridized carbons (Fsp3) is 0.267. The van der Waals surface area contributed by atoms with E-state index in [0.29, 0.717) is 0 Å². The Morgan fingerprint density at radius 3 is 2.19 bits per heavy atom.